The molecule has 0 bridgehead atoms. The number of thiophene rings is 1. The van der Waals surface area contributed by atoms with Gasteiger partial charge in [0.1, 0.15) is 0 Å². The lowest BCUT2D eigenvalue weighted by atomic mass is 10.2. The Balaban J connectivity index is 2.38. The number of amides is 2. The van der Waals surface area contributed by atoms with Gasteiger partial charge in [0, 0.05) is 18.5 Å². The monoisotopic (exact) mass is 270 g/mol. The standard InChI is InChI=1S/C12H18N2O3S/c1-8-4-10(18-7-8)5-13-12(17)14(3)6-9(2)11(15)16/h4,7,9H,5-6H2,1-3H3,(H,13,17)(H,15,16). The van der Waals surface area contributed by atoms with Crippen LogP contribution < -0.4 is 5.32 Å². The fraction of sp³-hybridized carbons (Fsp3) is 0.500. The first-order valence-corrected chi connectivity index (χ1v) is 6.54. The number of carboxylic acids is 1. The summed E-state index contributed by atoms with van der Waals surface area (Å²) in [6, 6.07) is 1.76. The third kappa shape index (κ3) is 4.37. The number of rotatable bonds is 5. The number of hydrogen-bond donors (Lipinski definition) is 2. The number of hydrogen-bond acceptors (Lipinski definition) is 3. The number of carbonyl (C=O) groups is 2. The van der Waals surface area contributed by atoms with Gasteiger partial charge in [-0.25, -0.2) is 4.79 Å². The van der Waals surface area contributed by atoms with Gasteiger partial charge in [-0.2, -0.15) is 0 Å². The first-order valence-electron chi connectivity index (χ1n) is 5.66. The summed E-state index contributed by atoms with van der Waals surface area (Å²) >= 11 is 1.59. The Hall–Kier alpha value is -1.56. The minimum absolute atomic E-state index is 0.199. The molecule has 0 fully saturated rings. The summed E-state index contributed by atoms with van der Waals surface area (Å²) in [4.78, 5) is 24.9. The predicted molar refractivity (Wildman–Crippen MR) is 70.7 cm³/mol. The van der Waals surface area contributed by atoms with Crippen molar-refractivity contribution < 1.29 is 14.7 Å². The molecule has 0 aliphatic rings. The average molecular weight is 270 g/mol. The Bertz CT molecular complexity index is 431. The smallest absolute Gasteiger partial charge is 0.317 e. The second-order valence-electron chi connectivity index (χ2n) is 4.37. The number of aliphatic carboxylic acids is 1. The minimum atomic E-state index is -0.900. The highest BCUT2D eigenvalue weighted by Gasteiger charge is 2.17. The van der Waals surface area contributed by atoms with E-state index < -0.39 is 11.9 Å². The Kier molecular flexibility index (Phi) is 5.15. The second kappa shape index (κ2) is 6.39. The molecule has 18 heavy (non-hydrogen) atoms. The number of carbonyl (C=O) groups excluding carboxylic acids is 1. The van der Waals surface area contributed by atoms with Crippen LogP contribution in [0, 0.1) is 12.8 Å². The van der Waals surface area contributed by atoms with Crippen LogP contribution in [0.5, 0.6) is 0 Å². The topological polar surface area (TPSA) is 69.6 Å². The number of urea groups is 1. The highest BCUT2D eigenvalue weighted by molar-refractivity contribution is 7.10. The van der Waals surface area contributed by atoms with Crippen molar-refractivity contribution in [1.82, 2.24) is 10.2 Å². The molecule has 100 valence electrons. The third-order valence-electron chi connectivity index (χ3n) is 2.51. The lowest BCUT2D eigenvalue weighted by Gasteiger charge is -2.19. The molecule has 0 spiro atoms. The second-order valence-corrected chi connectivity index (χ2v) is 5.36. The molecule has 5 nitrogen and oxygen atoms in total. The van der Waals surface area contributed by atoms with E-state index in [0.717, 1.165) is 4.88 Å². The molecule has 1 heterocycles. The molecule has 1 atom stereocenters. The molecule has 0 saturated heterocycles. The van der Waals surface area contributed by atoms with Crippen molar-refractivity contribution in [2.24, 2.45) is 5.92 Å². The molecule has 0 saturated carbocycles. The first-order chi connectivity index (χ1) is 8.40. The lowest BCUT2D eigenvalue weighted by Crippen LogP contribution is -2.40. The predicted octanol–water partition coefficient (Wildman–Crippen LogP) is 1.92. The van der Waals surface area contributed by atoms with Crippen LogP contribution in [0.2, 0.25) is 0 Å². The van der Waals surface area contributed by atoms with E-state index in [4.69, 9.17) is 5.11 Å². The summed E-state index contributed by atoms with van der Waals surface area (Å²) in [7, 11) is 1.59. The molecule has 0 aliphatic carbocycles. The SMILES string of the molecule is Cc1csc(CNC(=O)N(C)CC(C)C(=O)O)c1. The van der Waals surface area contributed by atoms with E-state index in [9.17, 15) is 9.59 Å². The van der Waals surface area contributed by atoms with Crippen molar-refractivity contribution in [3.8, 4) is 0 Å². The Labute approximate surface area is 110 Å². The van der Waals surface area contributed by atoms with Crippen molar-refractivity contribution in [3.05, 3.63) is 21.9 Å². The van der Waals surface area contributed by atoms with Gasteiger partial charge in [0.2, 0.25) is 0 Å². The van der Waals surface area contributed by atoms with Crippen LogP contribution in [0.1, 0.15) is 17.4 Å². The largest absolute Gasteiger partial charge is 0.481 e. The van der Waals surface area contributed by atoms with Gasteiger partial charge in [0.15, 0.2) is 0 Å². The summed E-state index contributed by atoms with van der Waals surface area (Å²) in [6.45, 7) is 4.25. The Morgan fingerprint density at radius 2 is 2.22 bits per heavy atom. The zero-order chi connectivity index (χ0) is 13.7. The van der Waals surface area contributed by atoms with Crippen LogP contribution in [0.25, 0.3) is 0 Å². The van der Waals surface area contributed by atoms with Gasteiger partial charge in [0.05, 0.1) is 12.5 Å². The molecule has 1 rings (SSSR count). The molecule has 1 unspecified atom stereocenters. The van der Waals surface area contributed by atoms with Gasteiger partial charge >= 0.3 is 12.0 Å². The molecular formula is C12H18N2O3S. The highest BCUT2D eigenvalue weighted by Crippen LogP contribution is 2.13. The van der Waals surface area contributed by atoms with Crippen molar-refractivity contribution in [3.63, 3.8) is 0 Å². The van der Waals surface area contributed by atoms with Crippen LogP contribution in [-0.4, -0.2) is 35.6 Å². The average Bonchev–Trinajstić information content (AvgIpc) is 2.71. The maximum atomic E-state index is 11.7. The van der Waals surface area contributed by atoms with Crippen LogP contribution in [-0.2, 0) is 11.3 Å². The molecule has 0 aliphatic heterocycles. The molecule has 0 aromatic carbocycles. The number of nitrogens with zero attached hydrogens (tertiary/aromatic N) is 1. The molecular weight excluding hydrogens is 252 g/mol. The summed E-state index contributed by atoms with van der Waals surface area (Å²) < 4.78 is 0. The molecule has 0 radical (unpaired) electrons. The number of carboxylic acid groups (broad SMARTS) is 1. The summed E-state index contributed by atoms with van der Waals surface area (Å²) in [5.41, 5.74) is 1.18. The number of aryl methyl sites for hydroxylation is 1. The molecule has 1 aromatic heterocycles. The first kappa shape index (κ1) is 14.5. The summed E-state index contributed by atoms with van der Waals surface area (Å²) in [5, 5.41) is 13.6. The van der Waals surface area contributed by atoms with E-state index in [1.165, 1.54) is 10.5 Å². The van der Waals surface area contributed by atoms with E-state index in [1.807, 2.05) is 18.4 Å². The van der Waals surface area contributed by atoms with E-state index in [1.54, 1.807) is 25.3 Å². The van der Waals surface area contributed by atoms with Crippen LogP contribution >= 0.6 is 11.3 Å². The maximum absolute atomic E-state index is 11.7. The van der Waals surface area contributed by atoms with Gasteiger partial charge in [-0.1, -0.05) is 6.92 Å². The van der Waals surface area contributed by atoms with Crippen LogP contribution in [0.15, 0.2) is 11.4 Å². The molecule has 6 heteroatoms. The lowest BCUT2D eigenvalue weighted by molar-refractivity contribution is -0.141. The van der Waals surface area contributed by atoms with E-state index in [-0.39, 0.29) is 12.6 Å². The van der Waals surface area contributed by atoms with Gasteiger partial charge in [0.25, 0.3) is 0 Å². The van der Waals surface area contributed by atoms with E-state index in [2.05, 4.69) is 5.32 Å². The zero-order valence-electron chi connectivity index (χ0n) is 10.8. The van der Waals surface area contributed by atoms with Gasteiger partial charge in [-0.3, -0.25) is 4.79 Å². The van der Waals surface area contributed by atoms with Crippen molar-refractivity contribution in [2.45, 2.75) is 20.4 Å². The maximum Gasteiger partial charge on any atom is 0.317 e. The van der Waals surface area contributed by atoms with Crippen molar-refractivity contribution >= 4 is 23.3 Å². The minimum Gasteiger partial charge on any atom is -0.481 e. The summed E-state index contributed by atoms with van der Waals surface area (Å²) in [6.07, 6.45) is 0. The van der Waals surface area contributed by atoms with Gasteiger partial charge in [-0.15, -0.1) is 11.3 Å². The fourth-order valence-electron chi connectivity index (χ4n) is 1.45. The van der Waals surface area contributed by atoms with Gasteiger partial charge in [-0.05, 0) is 23.9 Å². The van der Waals surface area contributed by atoms with Gasteiger partial charge < -0.3 is 15.3 Å². The Morgan fingerprint density at radius 1 is 1.56 bits per heavy atom. The third-order valence-corrected chi connectivity index (χ3v) is 3.57. The zero-order valence-corrected chi connectivity index (χ0v) is 11.6. The summed E-state index contributed by atoms with van der Waals surface area (Å²) in [5.74, 6) is -1.46. The van der Waals surface area contributed by atoms with Crippen LogP contribution in [0.3, 0.4) is 0 Å². The quantitative estimate of drug-likeness (QED) is 0.858. The van der Waals surface area contributed by atoms with Crippen molar-refractivity contribution in [2.75, 3.05) is 13.6 Å². The normalized spacial score (nSPS) is 11.9. The molecule has 2 amide bonds. The van der Waals surface area contributed by atoms with Crippen molar-refractivity contribution in [1.29, 1.82) is 0 Å². The Morgan fingerprint density at radius 3 is 2.72 bits per heavy atom. The van der Waals surface area contributed by atoms with Crippen LogP contribution in [0.4, 0.5) is 4.79 Å². The number of nitrogens with one attached hydrogen (secondary N) is 1. The fourth-order valence-corrected chi connectivity index (χ4v) is 2.27. The molecule has 2 N–H and O–H groups in total. The van der Waals surface area contributed by atoms with E-state index in [0.29, 0.717) is 6.54 Å². The van der Waals surface area contributed by atoms with E-state index >= 15 is 0 Å². The molecule has 1 aromatic rings. The highest BCUT2D eigenvalue weighted by atomic mass is 32.1.